The number of benzene rings is 1. The number of carbonyl (C=O) groups is 2. The molecule has 0 saturated carbocycles. The second-order valence-corrected chi connectivity index (χ2v) is 7.90. The molecule has 0 aliphatic carbocycles. The Morgan fingerprint density at radius 3 is 2.68 bits per heavy atom. The highest BCUT2D eigenvalue weighted by Gasteiger charge is 2.43. The van der Waals surface area contributed by atoms with Crippen LogP contribution in [0.4, 0.5) is 5.69 Å². The van der Waals surface area contributed by atoms with Gasteiger partial charge in [-0.15, -0.1) is 0 Å². The predicted molar refractivity (Wildman–Crippen MR) is 92.7 cm³/mol. The Morgan fingerprint density at radius 1 is 1.23 bits per heavy atom. The third-order valence-corrected chi connectivity index (χ3v) is 5.53. The zero-order valence-electron chi connectivity index (χ0n) is 12.4. The van der Waals surface area contributed by atoms with Gasteiger partial charge in [-0.1, -0.05) is 22.9 Å². The lowest BCUT2D eigenvalue weighted by Crippen LogP contribution is -2.46. The number of rotatable bonds is 2. The zero-order chi connectivity index (χ0) is 15.9. The first-order valence-corrected chi connectivity index (χ1v) is 9.12. The summed E-state index contributed by atoms with van der Waals surface area (Å²) in [5.41, 5.74) is 0.630. The molecule has 0 aromatic heterocycles. The number of nitrogens with zero attached hydrogens (tertiary/aromatic N) is 2. The van der Waals surface area contributed by atoms with E-state index < -0.39 is 0 Å². The van der Waals surface area contributed by atoms with E-state index in [1.54, 1.807) is 6.07 Å². The van der Waals surface area contributed by atoms with Crippen molar-refractivity contribution in [3.63, 3.8) is 0 Å². The maximum Gasteiger partial charge on any atom is 0.251 e. The van der Waals surface area contributed by atoms with Crippen molar-refractivity contribution in [2.45, 2.75) is 32.2 Å². The first-order chi connectivity index (χ1) is 10.5. The van der Waals surface area contributed by atoms with Crippen molar-refractivity contribution in [1.29, 1.82) is 0 Å². The fourth-order valence-corrected chi connectivity index (χ4v) is 4.55. The van der Waals surface area contributed by atoms with E-state index in [9.17, 15) is 9.59 Å². The number of hydrogen-bond acceptors (Lipinski definition) is 3. The van der Waals surface area contributed by atoms with E-state index in [2.05, 4.69) is 43.7 Å². The van der Waals surface area contributed by atoms with Crippen LogP contribution in [0.25, 0.3) is 0 Å². The van der Waals surface area contributed by atoms with Crippen molar-refractivity contribution in [3.8, 4) is 0 Å². The summed E-state index contributed by atoms with van der Waals surface area (Å²) in [6, 6.07) is 5.19. The Balaban J connectivity index is 1.85. The van der Waals surface area contributed by atoms with Crippen LogP contribution in [-0.4, -0.2) is 35.8 Å². The van der Waals surface area contributed by atoms with Crippen LogP contribution in [0.1, 0.15) is 26.2 Å². The minimum atomic E-state index is -0.300. The molecule has 2 aliphatic rings. The normalized spacial score (nSPS) is 26.8. The highest BCUT2D eigenvalue weighted by Crippen LogP contribution is 2.34. The molecule has 0 N–H and O–H groups in total. The molecule has 1 aromatic carbocycles. The number of hydrogen-bond donors (Lipinski definition) is 0. The highest BCUT2D eigenvalue weighted by molar-refractivity contribution is 9.11. The molecule has 2 fully saturated rings. The van der Waals surface area contributed by atoms with Crippen molar-refractivity contribution in [2.75, 3.05) is 18.0 Å². The summed E-state index contributed by atoms with van der Waals surface area (Å²) >= 11 is 6.84. The molecule has 6 heteroatoms. The maximum atomic E-state index is 12.8. The Kier molecular flexibility index (Phi) is 4.71. The average molecular weight is 430 g/mol. The minimum Gasteiger partial charge on any atom is -0.291 e. The van der Waals surface area contributed by atoms with E-state index in [1.165, 1.54) is 11.3 Å². The van der Waals surface area contributed by atoms with Crippen molar-refractivity contribution >= 4 is 49.4 Å². The molecule has 2 heterocycles. The van der Waals surface area contributed by atoms with Gasteiger partial charge in [0.25, 0.3) is 5.91 Å². The summed E-state index contributed by atoms with van der Waals surface area (Å²) in [6.07, 6.45) is 2.59. The van der Waals surface area contributed by atoms with Crippen molar-refractivity contribution in [3.05, 3.63) is 27.1 Å². The number of anilines is 1. The molecule has 1 aromatic rings. The number of piperidine rings is 1. The van der Waals surface area contributed by atoms with Crippen LogP contribution in [0.2, 0.25) is 0 Å². The fraction of sp³-hybridized carbons (Fsp3) is 0.500. The number of carbonyl (C=O) groups excluding carboxylic acids is 2. The summed E-state index contributed by atoms with van der Waals surface area (Å²) in [6.45, 7) is 4.01. The third kappa shape index (κ3) is 3.01. The van der Waals surface area contributed by atoms with Crippen molar-refractivity contribution < 1.29 is 9.59 Å². The van der Waals surface area contributed by atoms with Crippen LogP contribution < -0.4 is 4.90 Å². The van der Waals surface area contributed by atoms with Gasteiger partial charge in [-0.25, -0.2) is 4.90 Å². The lowest BCUT2D eigenvalue weighted by Gasteiger charge is -2.34. The lowest BCUT2D eigenvalue weighted by molar-refractivity contribution is -0.123. The van der Waals surface area contributed by atoms with Gasteiger partial charge in [0.15, 0.2) is 0 Å². The van der Waals surface area contributed by atoms with E-state index in [0.29, 0.717) is 11.6 Å². The van der Waals surface area contributed by atoms with Gasteiger partial charge in [0.05, 0.1) is 18.2 Å². The molecule has 2 atom stereocenters. The maximum absolute atomic E-state index is 12.8. The molecule has 0 radical (unpaired) electrons. The fourth-order valence-electron chi connectivity index (χ4n) is 3.33. The average Bonchev–Trinajstić information content (AvgIpc) is 2.75. The number of amides is 2. The van der Waals surface area contributed by atoms with Gasteiger partial charge in [0.2, 0.25) is 5.91 Å². The summed E-state index contributed by atoms with van der Waals surface area (Å²) in [5, 5.41) is 0. The van der Waals surface area contributed by atoms with Gasteiger partial charge in [0.1, 0.15) is 0 Å². The quantitative estimate of drug-likeness (QED) is 0.674. The molecule has 0 spiro atoms. The smallest absolute Gasteiger partial charge is 0.251 e. The largest absolute Gasteiger partial charge is 0.291 e. The first kappa shape index (κ1) is 16.1. The van der Waals surface area contributed by atoms with Crippen LogP contribution >= 0.6 is 31.9 Å². The van der Waals surface area contributed by atoms with Gasteiger partial charge < -0.3 is 0 Å². The summed E-state index contributed by atoms with van der Waals surface area (Å²) in [5.74, 6) is 0.378. The number of imide groups is 1. The van der Waals surface area contributed by atoms with Gasteiger partial charge in [-0.3, -0.25) is 14.5 Å². The topological polar surface area (TPSA) is 40.6 Å². The summed E-state index contributed by atoms with van der Waals surface area (Å²) in [7, 11) is 0. The summed E-state index contributed by atoms with van der Waals surface area (Å²) < 4.78 is 1.65. The molecule has 0 bridgehead atoms. The molecule has 2 aliphatic heterocycles. The van der Waals surface area contributed by atoms with Gasteiger partial charge in [-0.05, 0) is 59.4 Å². The van der Waals surface area contributed by atoms with E-state index in [0.717, 1.165) is 28.5 Å². The summed E-state index contributed by atoms with van der Waals surface area (Å²) in [4.78, 5) is 28.7. The van der Waals surface area contributed by atoms with Crippen LogP contribution in [-0.2, 0) is 9.59 Å². The molecule has 3 rings (SSSR count). The molecule has 2 unspecified atom stereocenters. The van der Waals surface area contributed by atoms with E-state index in [1.807, 2.05) is 12.1 Å². The second-order valence-electron chi connectivity index (χ2n) is 6.13. The van der Waals surface area contributed by atoms with Crippen LogP contribution in [0.3, 0.4) is 0 Å². The number of halogens is 2. The van der Waals surface area contributed by atoms with Crippen LogP contribution in [0, 0.1) is 5.92 Å². The minimum absolute atomic E-state index is 0.0953. The zero-order valence-corrected chi connectivity index (χ0v) is 15.6. The second kappa shape index (κ2) is 6.42. The van der Waals surface area contributed by atoms with E-state index >= 15 is 0 Å². The molecule has 22 heavy (non-hydrogen) atoms. The Morgan fingerprint density at radius 2 is 2.00 bits per heavy atom. The third-order valence-electron chi connectivity index (χ3n) is 4.40. The predicted octanol–water partition coefficient (Wildman–Crippen LogP) is 3.58. The van der Waals surface area contributed by atoms with Gasteiger partial charge in [-0.2, -0.15) is 0 Å². The van der Waals surface area contributed by atoms with Gasteiger partial charge in [0, 0.05) is 15.5 Å². The Bertz CT molecular complexity index is 620. The Labute approximate surface area is 147 Å². The standard InChI is InChI=1S/C16H18Br2N2O2/c1-10-3-2-6-19(9-10)14-8-15(21)20(16(14)22)13-5-4-11(17)7-12(13)18/h4-5,7,10,14H,2-3,6,8-9H2,1H3. The monoisotopic (exact) mass is 428 g/mol. The first-order valence-electron chi connectivity index (χ1n) is 7.53. The molecule has 2 saturated heterocycles. The lowest BCUT2D eigenvalue weighted by atomic mass is 9.98. The van der Waals surface area contributed by atoms with E-state index in [-0.39, 0.29) is 24.3 Å². The molecular formula is C16H18Br2N2O2. The Hall–Kier alpha value is -0.720. The molecule has 2 amide bonds. The molecular weight excluding hydrogens is 412 g/mol. The SMILES string of the molecule is CC1CCCN(C2CC(=O)N(c3ccc(Br)cc3Br)C2=O)C1. The van der Waals surface area contributed by atoms with Crippen molar-refractivity contribution in [1.82, 2.24) is 4.90 Å². The van der Waals surface area contributed by atoms with E-state index in [4.69, 9.17) is 0 Å². The molecule has 118 valence electrons. The molecule has 4 nitrogen and oxygen atoms in total. The van der Waals surface area contributed by atoms with Crippen molar-refractivity contribution in [2.24, 2.45) is 5.92 Å². The number of likely N-dealkylation sites (tertiary alicyclic amines) is 1. The van der Waals surface area contributed by atoms with Crippen LogP contribution in [0.5, 0.6) is 0 Å². The highest BCUT2D eigenvalue weighted by atomic mass is 79.9. The van der Waals surface area contributed by atoms with Gasteiger partial charge >= 0.3 is 0 Å². The van der Waals surface area contributed by atoms with Crippen LogP contribution in [0.15, 0.2) is 27.1 Å².